The van der Waals surface area contributed by atoms with E-state index >= 15 is 0 Å². The van der Waals surface area contributed by atoms with Gasteiger partial charge in [0, 0.05) is 18.7 Å². The molecule has 0 saturated heterocycles. The van der Waals surface area contributed by atoms with Crippen molar-refractivity contribution in [3.05, 3.63) is 33.1 Å². The van der Waals surface area contributed by atoms with Crippen LogP contribution in [0.4, 0.5) is 0 Å². The first-order chi connectivity index (χ1) is 13.0. The number of benzene rings is 1. The van der Waals surface area contributed by atoms with Gasteiger partial charge in [0.15, 0.2) is 0 Å². The molecule has 8 heteroatoms. The zero-order chi connectivity index (χ0) is 19.6. The summed E-state index contributed by atoms with van der Waals surface area (Å²) >= 11 is 6.48. The van der Waals surface area contributed by atoms with E-state index in [0.29, 0.717) is 54.7 Å². The molecule has 0 bridgehead atoms. The van der Waals surface area contributed by atoms with Crippen molar-refractivity contribution in [2.45, 2.75) is 26.9 Å². The maximum atomic E-state index is 13.1. The third-order valence-electron chi connectivity index (χ3n) is 4.46. The van der Waals surface area contributed by atoms with Crippen LogP contribution in [0.2, 0.25) is 5.02 Å². The van der Waals surface area contributed by atoms with E-state index in [1.165, 1.54) is 4.68 Å². The first kappa shape index (κ1) is 19.4. The molecule has 3 rings (SSSR count). The molecule has 1 aromatic carbocycles. The summed E-state index contributed by atoms with van der Waals surface area (Å²) < 4.78 is 8.78. The van der Waals surface area contributed by atoms with Crippen molar-refractivity contribution < 1.29 is 14.7 Å². The molecule has 1 aliphatic heterocycles. The van der Waals surface area contributed by atoms with E-state index < -0.39 is 0 Å². The molecule has 0 radical (unpaired) electrons. The monoisotopic (exact) mass is 391 g/mol. The van der Waals surface area contributed by atoms with Crippen molar-refractivity contribution >= 4 is 11.6 Å². The Kier molecular flexibility index (Phi) is 5.80. The van der Waals surface area contributed by atoms with Gasteiger partial charge in [0.1, 0.15) is 11.3 Å². The quantitative estimate of drug-likeness (QED) is 0.810. The fourth-order valence-electron chi connectivity index (χ4n) is 3.26. The highest BCUT2D eigenvalue weighted by Gasteiger charge is 2.28. The summed E-state index contributed by atoms with van der Waals surface area (Å²) in [7, 11) is 1.59. The minimum atomic E-state index is -0.317. The van der Waals surface area contributed by atoms with Gasteiger partial charge in [-0.1, -0.05) is 17.5 Å². The van der Waals surface area contributed by atoms with Crippen molar-refractivity contribution in [2.24, 2.45) is 0 Å². The number of aromatic hydroxyl groups is 1. The molecule has 2 heterocycles. The topological polar surface area (TPSA) is 68.9 Å². The second-order valence-corrected chi connectivity index (χ2v) is 6.41. The first-order valence-electron chi connectivity index (χ1n) is 8.72. The Bertz CT molecular complexity index is 968. The van der Waals surface area contributed by atoms with Crippen LogP contribution >= 0.6 is 11.6 Å². The lowest BCUT2D eigenvalue weighted by Crippen LogP contribution is -2.27. The van der Waals surface area contributed by atoms with Gasteiger partial charge in [-0.25, -0.2) is 9.36 Å². The molecule has 0 atom stereocenters. The number of aromatic nitrogens is 2. The molecule has 144 valence electrons. The fourth-order valence-corrected chi connectivity index (χ4v) is 3.57. The lowest BCUT2D eigenvalue weighted by Gasteiger charge is -2.15. The lowest BCUT2D eigenvalue weighted by atomic mass is 10.0. The molecule has 0 unspecified atom stereocenters. The molecular weight excluding hydrogens is 370 g/mol. The second kappa shape index (κ2) is 8.09. The SMILES string of the molecule is CC#Cc1cc(Cl)c(-c2c(O)n3n(c2=O)CCN(OC)CC3)c(OCC)c1. The molecule has 1 aliphatic rings. The van der Waals surface area contributed by atoms with Gasteiger partial charge >= 0.3 is 0 Å². The number of halogens is 1. The molecule has 1 N–H and O–H groups in total. The molecular formula is C19H22ClN3O4. The van der Waals surface area contributed by atoms with Crippen LogP contribution in [0.5, 0.6) is 11.6 Å². The van der Waals surface area contributed by atoms with Crippen LogP contribution in [0.3, 0.4) is 0 Å². The highest BCUT2D eigenvalue weighted by Crippen LogP contribution is 2.40. The van der Waals surface area contributed by atoms with E-state index in [2.05, 4.69) is 11.8 Å². The number of rotatable bonds is 4. The molecule has 1 aromatic heterocycles. The van der Waals surface area contributed by atoms with Gasteiger partial charge < -0.3 is 14.7 Å². The van der Waals surface area contributed by atoms with Crippen LogP contribution in [-0.4, -0.2) is 46.3 Å². The van der Waals surface area contributed by atoms with Gasteiger partial charge in [0.05, 0.1) is 37.4 Å². The van der Waals surface area contributed by atoms with Gasteiger partial charge in [-0.15, -0.1) is 5.92 Å². The fraction of sp³-hybridized carbons (Fsp3) is 0.421. The number of hydrogen-bond donors (Lipinski definition) is 1. The van der Waals surface area contributed by atoms with E-state index in [0.717, 1.165) is 0 Å². The summed E-state index contributed by atoms with van der Waals surface area (Å²) in [5.74, 6) is 6.05. The minimum Gasteiger partial charge on any atom is -0.493 e. The van der Waals surface area contributed by atoms with E-state index in [9.17, 15) is 9.90 Å². The Morgan fingerprint density at radius 3 is 2.52 bits per heavy atom. The Balaban J connectivity index is 2.18. The third-order valence-corrected chi connectivity index (χ3v) is 4.76. The van der Waals surface area contributed by atoms with Gasteiger partial charge in [-0.3, -0.25) is 4.79 Å². The lowest BCUT2D eigenvalue weighted by molar-refractivity contribution is -0.130. The number of hydrogen-bond acceptors (Lipinski definition) is 5. The molecule has 2 aromatic rings. The highest BCUT2D eigenvalue weighted by molar-refractivity contribution is 6.34. The van der Waals surface area contributed by atoms with Crippen molar-refractivity contribution in [2.75, 3.05) is 26.8 Å². The predicted molar refractivity (Wildman–Crippen MR) is 103 cm³/mol. The molecule has 0 aliphatic carbocycles. The Hall–Kier alpha value is -2.40. The van der Waals surface area contributed by atoms with Crippen LogP contribution in [-0.2, 0) is 17.9 Å². The number of fused-ring (bicyclic) bond motifs is 1. The molecule has 0 saturated carbocycles. The smallest absolute Gasteiger partial charge is 0.278 e. The minimum absolute atomic E-state index is 0.130. The standard InChI is InChI=1S/C19H22ClN3O4/c1-4-6-13-11-14(20)16(15(12-13)27-5-2)17-18(24)22-9-7-21(26-3)8-10-23(22)19(17)25/h11-12,24H,5,7-10H2,1-3H3. The molecule has 0 fully saturated rings. The summed E-state index contributed by atoms with van der Waals surface area (Å²) in [4.78, 5) is 18.3. The third kappa shape index (κ3) is 3.56. The van der Waals surface area contributed by atoms with Crippen molar-refractivity contribution in [1.29, 1.82) is 0 Å². The van der Waals surface area contributed by atoms with Gasteiger partial charge in [0.25, 0.3) is 5.56 Å². The Labute approximate surface area is 162 Å². The van der Waals surface area contributed by atoms with Crippen LogP contribution in [0.15, 0.2) is 16.9 Å². The number of ether oxygens (including phenoxy) is 1. The Morgan fingerprint density at radius 2 is 1.89 bits per heavy atom. The van der Waals surface area contributed by atoms with Crippen LogP contribution in [0, 0.1) is 11.8 Å². The summed E-state index contributed by atoms with van der Waals surface area (Å²) in [6.07, 6.45) is 0. The maximum Gasteiger partial charge on any atom is 0.278 e. The summed E-state index contributed by atoms with van der Waals surface area (Å²) in [5.41, 5.74) is 0.901. The largest absolute Gasteiger partial charge is 0.493 e. The normalized spacial score (nSPS) is 14.2. The van der Waals surface area contributed by atoms with Crippen LogP contribution in [0.1, 0.15) is 19.4 Å². The van der Waals surface area contributed by atoms with Gasteiger partial charge in [-0.05, 0) is 26.0 Å². The van der Waals surface area contributed by atoms with Crippen LogP contribution in [0.25, 0.3) is 11.1 Å². The number of hydroxylamine groups is 2. The first-order valence-corrected chi connectivity index (χ1v) is 9.10. The predicted octanol–water partition coefficient (Wildman–Crippen LogP) is 2.32. The van der Waals surface area contributed by atoms with Gasteiger partial charge in [0.2, 0.25) is 5.88 Å². The molecule has 7 nitrogen and oxygen atoms in total. The van der Waals surface area contributed by atoms with Gasteiger partial charge in [-0.2, -0.15) is 5.06 Å². The van der Waals surface area contributed by atoms with Crippen molar-refractivity contribution in [1.82, 2.24) is 14.4 Å². The highest BCUT2D eigenvalue weighted by atomic mass is 35.5. The van der Waals surface area contributed by atoms with Crippen molar-refractivity contribution in [3.8, 4) is 34.6 Å². The Morgan fingerprint density at radius 1 is 1.19 bits per heavy atom. The average Bonchev–Trinajstić information content (AvgIpc) is 2.79. The van der Waals surface area contributed by atoms with E-state index in [-0.39, 0.29) is 17.0 Å². The van der Waals surface area contributed by atoms with E-state index in [4.69, 9.17) is 21.2 Å². The summed E-state index contributed by atoms with van der Waals surface area (Å²) in [6, 6.07) is 3.41. The number of nitrogens with zero attached hydrogens (tertiary/aromatic N) is 3. The van der Waals surface area contributed by atoms with Crippen LogP contribution < -0.4 is 10.3 Å². The second-order valence-electron chi connectivity index (χ2n) is 6.00. The molecule has 0 amide bonds. The summed E-state index contributed by atoms with van der Waals surface area (Å²) in [6.45, 7) is 5.86. The van der Waals surface area contributed by atoms with E-state index in [1.807, 2.05) is 6.92 Å². The average molecular weight is 392 g/mol. The summed E-state index contributed by atoms with van der Waals surface area (Å²) in [5, 5.41) is 12.9. The maximum absolute atomic E-state index is 13.1. The van der Waals surface area contributed by atoms with E-state index in [1.54, 1.807) is 35.9 Å². The zero-order valence-electron chi connectivity index (χ0n) is 15.6. The molecule has 0 spiro atoms. The molecule has 27 heavy (non-hydrogen) atoms. The zero-order valence-corrected chi connectivity index (χ0v) is 16.3. The van der Waals surface area contributed by atoms with Crippen molar-refractivity contribution in [3.63, 3.8) is 0 Å².